The quantitative estimate of drug-likeness (QED) is 0.593. The molecule has 2 aromatic carbocycles. The van der Waals surface area contributed by atoms with E-state index in [1.807, 2.05) is 66.7 Å². The summed E-state index contributed by atoms with van der Waals surface area (Å²) >= 11 is 0. The number of nitrogens with two attached hydrogens (primary N) is 1. The number of nitrogens with one attached hydrogen (secondary N) is 2. The summed E-state index contributed by atoms with van der Waals surface area (Å²) < 4.78 is 0. The molecule has 4 N–H and O–H groups in total. The molecule has 1 atom stereocenters. The van der Waals surface area contributed by atoms with Crippen molar-refractivity contribution in [2.45, 2.75) is 24.3 Å². The summed E-state index contributed by atoms with van der Waals surface area (Å²) in [7, 11) is 1.57. The largest absolute Gasteiger partial charge is 0.384 e. The van der Waals surface area contributed by atoms with E-state index in [1.165, 1.54) is 0 Å². The van der Waals surface area contributed by atoms with E-state index in [4.69, 9.17) is 5.73 Å². The molecule has 3 aromatic rings. The smallest absolute Gasteiger partial charge is 0.246 e. The number of aromatic nitrogens is 1. The van der Waals surface area contributed by atoms with Crippen molar-refractivity contribution < 1.29 is 9.59 Å². The number of likely N-dealkylation sites (N-methyl/N-ethyl adjacent to an activating group) is 1. The molecule has 0 spiro atoms. The number of carbonyl (C=O) groups is 2. The van der Waals surface area contributed by atoms with Gasteiger partial charge < -0.3 is 16.4 Å². The van der Waals surface area contributed by atoms with Crippen molar-refractivity contribution in [2.24, 2.45) is 0 Å². The second-order valence-corrected chi connectivity index (χ2v) is 7.56. The summed E-state index contributed by atoms with van der Waals surface area (Å²) in [5.74, 6) is 0.0748. The van der Waals surface area contributed by atoms with Crippen molar-refractivity contribution in [3.05, 3.63) is 84.1 Å². The van der Waals surface area contributed by atoms with E-state index in [1.54, 1.807) is 13.2 Å². The van der Waals surface area contributed by atoms with Gasteiger partial charge in [-0.2, -0.15) is 0 Å². The van der Waals surface area contributed by atoms with E-state index in [9.17, 15) is 9.59 Å². The van der Waals surface area contributed by atoms with Crippen molar-refractivity contribution in [1.29, 1.82) is 0 Å². The van der Waals surface area contributed by atoms with Crippen LogP contribution in [0.3, 0.4) is 0 Å². The van der Waals surface area contributed by atoms with Gasteiger partial charge in [0.25, 0.3) is 0 Å². The highest BCUT2D eigenvalue weighted by atomic mass is 16.2. The molecule has 4 rings (SSSR count). The molecule has 0 aliphatic heterocycles. The number of carbonyl (C=O) groups excluding carboxylic acids is 2. The van der Waals surface area contributed by atoms with Crippen LogP contribution in [0.15, 0.2) is 72.9 Å². The first kappa shape index (κ1) is 19.6. The first-order chi connectivity index (χ1) is 14.5. The van der Waals surface area contributed by atoms with Crippen LogP contribution in [0, 0.1) is 0 Å². The monoisotopic (exact) mass is 400 g/mol. The van der Waals surface area contributed by atoms with Gasteiger partial charge in [0.1, 0.15) is 11.9 Å². The third-order valence-electron chi connectivity index (χ3n) is 5.63. The molecule has 1 saturated carbocycles. The maximum absolute atomic E-state index is 13.3. The Morgan fingerprint density at radius 1 is 1.00 bits per heavy atom. The molecule has 2 amide bonds. The lowest BCUT2D eigenvalue weighted by Gasteiger charge is -2.22. The van der Waals surface area contributed by atoms with Crippen LogP contribution in [-0.2, 0) is 15.0 Å². The maximum atomic E-state index is 13.3. The van der Waals surface area contributed by atoms with Gasteiger partial charge in [0, 0.05) is 13.2 Å². The standard InChI is InChI=1S/C24H24N4O2/c1-26-22(29)21(16-6-3-2-4-7-16)28-23(30)24(11-12-24)19-9-5-8-17(14-19)18-10-13-27-20(25)15-18/h2-10,13-15,21H,11-12H2,1H3,(H2,25,27)(H,26,29)(H,28,30). The predicted octanol–water partition coefficient (Wildman–Crippen LogP) is 2.97. The second-order valence-electron chi connectivity index (χ2n) is 7.56. The van der Waals surface area contributed by atoms with Crippen LogP contribution in [0.2, 0.25) is 0 Å². The number of nitrogens with zero attached hydrogens (tertiary/aromatic N) is 1. The highest BCUT2D eigenvalue weighted by Crippen LogP contribution is 2.49. The molecule has 0 radical (unpaired) electrons. The van der Waals surface area contributed by atoms with Crippen LogP contribution < -0.4 is 16.4 Å². The number of hydrogen-bond acceptors (Lipinski definition) is 4. The summed E-state index contributed by atoms with van der Waals surface area (Å²) in [6.07, 6.45) is 3.16. The van der Waals surface area contributed by atoms with Crippen molar-refractivity contribution in [3.8, 4) is 11.1 Å². The number of pyridine rings is 1. The van der Waals surface area contributed by atoms with Crippen LogP contribution >= 0.6 is 0 Å². The van der Waals surface area contributed by atoms with Crippen molar-refractivity contribution in [2.75, 3.05) is 12.8 Å². The summed E-state index contributed by atoms with van der Waals surface area (Å²) in [5, 5.41) is 5.62. The molecule has 1 aromatic heterocycles. The van der Waals surface area contributed by atoms with Crippen molar-refractivity contribution in [1.82, 2.24) is 15.6 Å². The Morgan fingerprint density at radius 3 is 2.40 bits per heavy atom. The Kier molecular flexibility index (Phi) is 5.23. The zero-order valence-electron chi connectivity index (χ0n) is 16.8. The molecule has 1 aliphatic carbocycles. The number of anilines is 1. The Labute approximate surface area is 175 Å². The minimum absolute atomic E-state index is 0.133. The Bertz CT molecular complexity index is 1080. The fourth-order valence-corrected chi connectivity index (χ4v) is 3.76. The summed E-state index contributed by atoms with van der Waals surface area (Å²) in [6, 6.07) is 20.2. The number of benzene rings is 2. The average Bonchev–Trinajstić information content (AvgIpc) is 3.60. The molecule has 6 nitrogen and oxygen atoms in total. The molecule has 152 valence electrons. The normalized spacial score (nSPS) is 15.1. The Morgan fingerprint density at radius 2 is 1.73 bits per heavy atom. The fourth-order valence-electron chi connectivity index (χ4n) is 3.76. The van der Waals surface area contributed by atoms with E-state index in [-0.39, 0.29) is 11.8 Å². The molecule has 1 unspecified atom stereocenters. The summed E-state index contributed by atoms with van der Waals surface area (Å²) in [6.45, 7) is 0. The van der Waals surface area contributed by atoms with E-state index in [0.29, 0.717) is 5.82 Å². The molecule has 0 bridgehead atoms. The van der Waals surface area contributed by atoms with Crippen molar-refractivity contribution >= 4 is 17.6 Å². The summed E-state index contributed by atoms with van der Waals surface area (Å²) in [5.41, 5.74) is 8.83. The molecule has 0 saturated heterocycles. The van der Waals surface area contributed by atoms with Gasteiger partial charge in [-0.05, 0) is 47.2 Å². The second kappa shape index (κ2) is 7.99. The highest BCUT2D eigenvalue weighted by molar-refractivity contribution is 5.95. The molecule has 1 heterocycles. The van der Waals surface area contributed by atoms with Gasteiger partial charge in [0.15, 0.2) is 0 Å². The lowest BCUT2D eigenvalue weighted by molar-refractivity contribution is -0.130. The third-order valence-corrected chi connectivity index (χ3v) is 5.63. The fraction of sp³-hybridized carbons (Fsp3) is 0.208. The first-order valence-electron chi connectivity index (χ1n) is 9.93. The van der Waals surface area contributed by atoms with Gasteiger partial charge in [-0.15, -0.1) is 0 Å². The predicted molar refractivity (Wildman–Crippen MR) is 116 cm³/mol. The van der Waals surface area contributed by atoms with Gasteiger partial charge in [0.05, 0.1) is 5.41 Å². The van der Waals surface area contributed by atoms with E-state index >= 15 is 0 Å². The maximum Gasteiger partial charge on any atom is 0.246 e. The lowest BCUT2D eigenvalue weighted by atomic mass is 9.91. The average molecular weight is 400 g/mol. The molecule has 1 aliphatic rings. The van der Waals surface area contributed by atoms with Crippen LogP contribution in [0.25, 0.3) is 11.1 Å². The first-order valence-corrected chi connectivity index (χ1v) is 9.93. The van der Waals surface area contributed by atoms with E-state index in [2.05, 4.69) is 15.6 Å². The zero-order chi connectivity index (χ0) is 21.1. The van der Waals surface area contributed by atoms with Crippen molar-refractivity contribution in [3.63, 3.8) is 0 Å². The molecular formula is C24H24N4O2. The highest BCUT2D eigenvalue weighted by Gasteiger charge is 2.52. The molecular weight excluding hydrogens is 376 g/mol. The Balaban J connectivity index is 1.61. The summed E-state index contributed by atoms with van der Waals surface area (Å²) in [4.78, 5) is 29.8. The van der Waals surface area contributed by atoms with E-state index in [0.717, 1.165) is 35.1 Å². The topological polar surface area (TPSA) is 97.1 Å². The number of nitrogen functional groups attached to an aromatic ring is 1. The third kappa shape index (κ3) is 3.76. The van der Waals surface area contributed by atoms with Gasteiger partial charge in [-0.3, -0.25) is 9.59 Å². The number of rotatable bonds is 6. The SMILES string of the molecule is CNC(=O)C(NC(=O)C1(c2cccc(-c3ccnc(N)c3)c2)CC1)c1ccccc1. The molecule has 1 fully saturated rings. The van der Waals surface area contributed by atoms with Gasteiger partial charge >= 0.3 is 0 Å². The van der Waals surface area contributed by atoms with Gasteiger partial charge in [-0.1, -0.05) is 54.6 Å². The number of hydrogen-bond donors (Lipinski definition) is 3. The number of amides is 2. The lowest BCUT2D eigenvalue weighted by Crippen LogP contribution is -2.43. The Hall–Kier alpha value is -3.67. The minimum Gasteiger partial charge on any atom is -0.384 e. The van der Waals surface area contributed by atoms with E-state index < -0.39 is 11.5 Å². The van der Waals surface area contributed by atoms with Crippen LogP contribution in [0.5, 0.6) is 0 Å². The zero-order valence-corrected chi connectivity index (χ0v) is 16.8. The van der Waals surface area contributed by atoms with Crippen LogP contribution in [0.4, 0.5) is 5.82 Å². The van der Waals surface area contributed by atoms with Gasteiger partial charge in [0.2, 0.25) is 11.8 Å². The van der Waals surface area contributed by atoms with Crippen LogP contribution in [0.1, 0.15) is 30.0 Å². The molecule has 30 heavy (non-hydrogen) atoms. The van der Waals surface area contributed by atoms with Crippen LogP contribution in [-0.4, -0.2) is 23.8 Å². The minimum atomic E-state index is -0.732. The molecule has 6 heteroatoms. The van der Waals surface area contributed by atoms with Gasteiger partial charge in [-0.25, -0.2) is 4.98 Å².